The molecule has 3 rings (SSSR count). The van der Waals surface area contributed by atoms with Gasteiger partial charge in [-0.15, -0.1) is 10.2 Å². The van der Waals surface area contributed by atoms with Crippen LogP contribution in [0, 0.1) is 5.82 Å². The molecule has 0 bridgehead atoms. The van der Waals surface area contributed by atoms with E-state index in [1.165, 1.54) is 18.9 Å². The summed E-state index contributed by atoms with van der Waals surface area (Å²) >= 11 is 0. The van der Waals surface area contributed by atoms with Crippen LogP contribution in [-0.4, -0.2) is 39.2 Å². The molecule has 2 heterocycles. The number of nitrogens with zero attached hydrogens (tertiary/aromatic N) is 5. The number of benzene rings is 1. The van der Waals surface area contributed by atoms with Crippen molar-refractivity contribution in [3.63, 3.8) is 0 Å². The Morgan fingerprint density at radius 1 is 1.36 bits per heavy atom. The van der Waals surface area contributed by atoms with Crippen LogP contribution in [0.1, 0.15) is 37.0 Å². The average molecular weight is 344 g/mol. The fourth-order valence-electron chi connectivity index (χ4n) is 3.08. The SMILES string of the molecule is CCNC(=NCc1nnc2n1CCCC2)N(C)Cc1cccc(F)c1. The third-order valence-electron chi connectivity index (χ3n) is 4.31. The number of nitrogens with one attached hydrogen (secondary N) is 1. The molecular formula is C18H25FN6. The molecule has 1 aromatic carbocycles. The van der Waals surface area contributed by atoms with Gasteiger partial charge < -0.3 is 14.8 Å². The minimum atomic E-state index is -0.220. The smallest absolute Gasteiger partial charge is 0.194 e. The van der Waals surface area contributed by atoms with E-state index in [1.807, 2.05) is 24.9 Å². The molecule has 0 fully saturated rings. The Bertz CT molecular complexity index is 739. The van der Waals surface area contributed by atoms with Crippen LogP contribution in [0.15, 0.2) is 29.3 Å². The molecule has 0 atom stereocenters. The predicted molar refractivity (Wildman–Crippen MR) is 95.6 cm³/mol. The van der Waals surface area contributed by atoms with E-state index in [4.69, 9.17) is 4.99 Å². The zero-order valence-corrected chi connectivity index (χ0v) is 14.9. The number of rotatable bonds is 5. The van der Waals surface area contributed by atoms with Crippen molar-refractivity contribution < 1.29 is 4.39 Å². The van der Waals surface area contributed by atoms with Crippen LogP contribution in [0.25, 0.3) is 0 Å². The summed E-state index contributed by atoms with van der Waals surface area (Å²) in [5.41, 5.74) is 0.910. The molecular weight excluding hydrogens is 319 g/mol. The topological polar surface area (TPSA) is 58.3 Å². The average Bonchev–Trinajstić information content (AvgIpc) is 3.02. The minimum Gasteiger partial charge on any atom is -0.357 e. The maximum Gasteiger partial charge on any atom is 0.194 e. The van der Waals surface area contributed by atoms with Gasteiger partial charge in [-0.3, -0.25) is 0 Å². The van der Waals surface area contributed by atoms with Crippen molar-refractivity contribution >= 4 is 5.96 Å². The largest absolute Gasteiger partial charge is 0.357 e. The molecule has 0 aliphatic carbocycles. The highest BCUT2D eigenvalue weighted by Gasteiger charge is 2.16. The molecule has 0 amide bonds. The monoisotopic (exact) mass is 344 g/mol. The number of guanidine groups is 1. The number of aryl methyl sites for hydroxylation is 1. The van der Waals surface area contributed by atoms with E-state index in [1.54, 1.807) is 12.1 Å². The van der Waals surface area contributed by atoms with Gasteiger partial charge in [0.15, 0.2) is 11.8 Å². The highest BCUT2D eigenvalue weighted by molar-refractivity contribution is 5.79. The van der Waals surface area contributed by atoms with Crippen molar-refractivity contribution in [3.8, 4) is 0 Å². The second kappa shape index (κ2) is 8.09. The molecule has 0 saturated heterocycles. The standard InChI is InChI=1S/C18H25FN6/c1-3-20-18(24(2)13-14-7-6-8-15(19)11-14)21-12-17-23-22-16-9-4-5-10-25(16)17/h6-8,11H,3-5,9-10,12-13H2,1-2H3,(H,20,21). The summed E-state index contributed by atoms with van der Waals surface area (Å²) < 4.78 is 15.6. The quantitative estimate of drug-likeness (QED) is 0.668. The molecule has 1 aliphatic rings. The molecule has 7 heteroatoms. The molecule has 6 nitrogen and oxygen atoms in total. The summed E-state index contributed by atoms with van der Waals surface area (Å²) in [5.74, 6) is 2.53. The number of aliphatic imine (C=N–C) groups is 1. The lowest BCUT2D eigenvalue weighted by molar-refractivity contribution is 0.472. The first kappa shape index (κ1) is 17.4. The fourth-order valence-corrected chi connectivity index (χ4v) is 3.08. The third-order valence-corrected chi connectivity index (χ3v) is 4.31. The normalized spacial score (nSPS) is 14.3. The first-order valence-electron chi connectivity index (χ1n) is 8.82. The van der Waals surface area contributed by atoms with Gasteiger partial charge in [-0.2, -0.15) is 0 Å². The number of halogens is 1. The molecule has 2 aromatic rings. The second-order valence-electron chi connectivity index (χ2n) is 6.30. The molecule has 0 unspecified atom stereocenters. The van der Waals surface area contributed by atoms with Gasteiger partial charge in [0.1, 0.15) is 18.2 Å². The summed E-state index contributed by atoms with van der Waals surface area (Å²) in [6.45, 7) is 4.85. The number of hydrogen-bond acceptors (Lipinski definition) is 3. The van der Waals surface area contributed by atoms with Crippen LogP contribution >= 0.6 is 0 Å². The van der Waals surface area contributed by atoms with E-state index >= 15 is 0 Å². The first-order valence-corrected chi connectivity index (χ1v) is 8.82. The Morgan fingerprint density at radius 2 is 2.24 bits per heavy atom. The zero-order chi connectivity index (χ0) is 17.6. The number of aromatic nitrogens is 3. The Balaban J connectivity index is 1.71. The minimum absolute atomic E-state index is 0.220. The highest BCUT2D eigenvalue weighted by Crippen LogP contribution is 2.15. The van der Waals surface area contributed by atoms with Gasteiger partial charge in [0.2, 0.25) is 0 Å². The third kappa shape index (κ3) is 4.35. The van der Waals surface area contributed by atoms with E-state index in [9.17, 15) is 4.39 Å². The van der Waals surface area contributed by atoms with Crippen molar-refractivity contribution in [2.75, 3.05) is 13.6 Å². The van der Waals surface area contributed by atoms with E-state index in [0.29, 0.717) is 13.1 Å². The van der Waals surface area contributed by atoms with Gasteiger partial charge in [0.25, 0.3) is 0 Å². The second-order valence-corrected chi connectivity index (χ2v) is 6.30. The van der Waals surface area contributed by atoms with Gasteiger partial charge in [-0.05, 0) is 37.5 Å². The predicted octanol–water partition coefficient (Wildman–Crippen LogP) is 2.35. The number of fused-ring (bicyclic) bond motifs is 1. The molecule has 0 spiro atoms. The van der Waals surface area contributed by atoms with Gasteiger partial charge in [0, 0.05) is 33.1 Å². The van der Waals surface area contributed by atoms with E-state index in [2.05, 4.69) is 20.1 Å². The molecule has 0 saturated carbocycles. The van der Waals surface area contributed by atoms with Crippen LogP contribution in [-0.2, 0) is 26.1 Å². The van der Waals surface area contributed by atoms with Crippen LogP contribution in [0.5, 0.6) is 0 Å². The van der Waals surface area contributed by atoms with E-state index in [0.717, 1.165) is 42.7 Å². The molecule has 25 heavy (non-hydrogen) atoms. The van der Waals surface area contributed by atoms with Crippen molar-refractivity contribution in [1.82, 2.24) is 25.0 Å². The highest BCUT2D eigenvalue weighted by atomic mass is 19.1. The van der Waals surface area contributed by atoms with E-state index < -0.39 is 0 Å². The number of hydrogen-bond donors (Lipinski definition) is 1. The zero-order valence-electron chi connectivity index (χ0n) is 14.9. The maximum absolute atomic E-state index is 13.4. The molecule has 1 aromatic heterocycles. The summed E-state index contributed by atoms with van der Waals surface area (Å²) in [6, 6.07) is 6.65. The van der Waals surface area contributed by atoms with Crippen LogP contribution in [0.3, 0.4) is 0 Å². The van der Waals surface area contributed by atoms with Gasteiger partial charge in [-0.1, -0.05) is 12.1 Å². The summed E-state index contributed by atoms with van der Waals surface area (Å²) in [4.78, 5) is 6.69. The van der Waals surface area contributed by atoms with Crippen molar-refractivity contribution in [1.29, 1.82) is 0 Å². The van der Waals surface area contributed by atoms with Crippen molar-refractivity contribution in [2.45, 2.75) is 45.8 Å². The Labute approximate surface area is 147 Å². The van der Waals surface area contributed by atoms with E-state index in [-0.39, 0.29) is 5.82 Å². The fraction of sp³-hybridized carbons (Fsp3) is 0.500. The molecule has 1 N–H and O–H groups in total. The molecule has 1 aliphatic heterocycles. The Hall–Kier alpha value is -2.44. The van der Waals surface area contributed by atoms with Crippen molar-refractivity contribution in [3.05, 3.63) is 47.3 Å². The lowest BCUT2D eigenvalue weighted by atomic mass is 10.2. The van der Waals surface area contributed by atoms with Gasteiger partial charge >= 0.3 is 0 Å². The Kier molecular flexibility index (Phi) is 5.63. The first-order chi connectivity index (χ1) is 12.2. The lowest BCUT2D eigenvalue weighted by Gasteiger charge is -2.22. The maximum atomic E-state index is 13.4. The van der Waals surface area contributed by atoms with Crippen LogP contribution in [0.4, 0.5) is 4.39 Å². The molecule has 134 valence electrons. The summed E-state index contributed by atoms with van der Waals surface area (Å²) in [5, 5.41) is 11.9. The lowest BCUT2D eigenvalue weighted by Crippen LogP contribution is -2.38. The van der Waals surface area contributed by atoms with Crippen LogP contribution in [0.2, 0.25) is 0 Å². The summed E-state index contributed by atoms with van der Waals surface area (Å²) in [7, 11) is 1.95. The van der Waals surface area contributed by atoms with Crippen LogP contribution < -0.4 is 5.32 Å². The van der Waals surface area contributed by atoms with Gasteiger partial charge in [-0.25, -0.2) is 9.38 Å². The summed E-state index contributed by atoms with van der Waals surface area (Å²) in [6.07, 6.45) is 3.35. The van der Waals surface area contributed by atoms with Crippen molar-refractivity contribution in [2.24, 2.45) is 4.99 Å². The molecule has 0 radical (unpaired) electrons. The Morgan fingerprint density at radius 3 is 3.04 bits per heavy atom. The van der Waals surface area contributed by atoms with Gasteiger partial charge in [0.05, 0.1) is 0 Å².